The van der Waals surface area contributed by atoms with Gasteiger partial charge in [0.05, 0.1) is 5.01 Å². The van der Waals surface area contributed by atoms with E-state index in [1.54, 1.807) is 11.3 Å². The van der Waals surface area contributed by atoms with Crippen molar-refractivity contribution in [2.75, 3.05) is 13.1 Å². The van der Waals surface area contributed by atoms with E-state index >= 15 is 0 Å². The molecule has 102 valence electrons. The van der Waals surface area contributed by atoms with Crippen LogP contribution in [0.1, 0.15) is 29.1 Å². The average molecular weight is 380 g/mol. The van der Waals surface area contributed by atoms with Crippen LogP contribution in [0.25, 0.3) is 0 Å². The fourth-order valence-electron chi connectivity index (χ4n) is 1.77. The van der Waals surface area contributed by atoms with Crippen molar-refractivity contribution in [3.05, 3.63) is 16.1 Å². The summed E-state index contributed by atoms with van der Waals surface area (Å²) in [6, 6.07) is 0. The van der Waals surface area contributed by atoms with Crippen LogP contribution < -0.4 is 11.1 Å². The molecule has 6 heteroatoms. The topological polar surface area (TPSA) is 63.3 Å². The van der Waals surface area contributed by atoms with Crippen LogP contribution >= 0.6 is 35.3 Å². The van der Waals surface area contributed by atoms with Gasteiger partial charge in [-0.05, 0) is 25.7 Å². The van der Waals surface area contributed by atoms with Crippen molar-refractivity contribution in [1.29, 1.82) is 0 Å². The van der Waals surface area contributed by atoms with E-state index in [0.29, 0.717) is 5.96 Å². The summed E-state index contributed by atoms with van der Waals surface area (Å²) >= 11 is 1.74. The highest BCUT2D eigenvalue weighted by atomic mass is 127. The first-order chi connectivity index (χ1) is 8.24. The molecule has 0 saturated heterocycles. The molecule has 0 aromatic carbocycles. The van der Waals surface area contributed by atoms with Crippen LogP contribution in [0.2, 0.25) is 0 Å². The lowest BCUT2D eigenvalue weighted by Gasteiger charge is -2.23. The second-order valence-electron chi connectivity index (χ2n) is 4.56. The number of guanidine groups is 1. The lowest BCUT2D eigenvalue weighted by atomic mass is 9.86. The van der Waals surface area contributed by atoms with Crippen molar-refractivity contribution < 1.29 is 0 Å². The molecule has 1 saturated carbocycles. The third-order valence-electron chi connectivity index (χ3n) is 3.06. The van der Waals surface area contributed by atoms with Gasteiger partial charge in [0.2, 0.25) is 0 Å². The number of hydrogen-bond acceptors (Lipinski definition) is 3. The zero-order valence-electron chi connectivity index (χ0n) is 10.7. The summed E-state index contributed by atoms with van der Waals surface area (Å²) in [5.41, 5.74) is 5.79. The molecule has 0 unspecified atom stereocenters. The third kappa shape index (κ3) is 5.09. The van der Waals surface area contributed by atoms with E-state index in [4.69, 9.17) is 5.73 Å². The van der Waals surface area contributed by atoms with Gasteiger partial charge < -0.3 is 11.1 Å². The first-order valence-electron chi connectivity index (χ1n) is 6.19. The van der Waals surface area contributed by atoms with Crippen molar-refractivity contribution in [1.82, 2.24) is 10.3 Å². The van der Waals surface area contributed by atoms with Crippen LogP contribution in [-0.4, -0.2) is 24.0 Å². The van der Waals surface area contributed by atoms with Crippen molar-refractivity contribution in [3.63, 3.8) is 0 Å². The lowest BCUT2D eigenvalue weighted by Crippen LogP contribution is -2.34. The van der Waals surface area contributed by atoms with Crippen molar-refractivity contribution in [2.24, 2.45) is 16.6 Å². The van der Waals surface area contributed by atoms with Gasteiger partial charge in [0.1, 0.15) is 0 Å². The molecular formula is C12H21IN4S. The zero-order chi connectivity index (χ0) is 12.1. The molecule has 2 rings (SSSR count). The number of halogens is 1. The molecule has 1 aliphatic rings. The minimum Gasteiger partial charge on any atom is -0.370 e. The first kappa shape index (κ1) is 15.7. The Morgan fingerprint density at radius 1 is 1.61 bits per heavy atom. The number of aryl methyl sites for hydroxylation is 1. The van der Waals surface area contributed by atoms with E-state index in [9.17, 15) is 0 Å². The molecule has 4 nitrogen and oxygen atoms in total. The number of hydrogen-bond donors (Lipinski definition) is 2. The van der Waals surface area contributed by atoms with Crippen LogP contribution in [0.3, 0.4) is 0 Å². The number of nitrogens with two attached hydrogens (primary N) is 1. The summed E-state index contributed by atoms with van der Waals surface area (Å²) in [7, 11) is 0. The zero-order valence-corrected chi connectivity index (χ0v) is 13.8. The largest absolute Gasteiger partial charge is 0.370 e. The first-order valence-corrected chi connectivity index (χ1v) is 7.01. The second kappa shape index (κ2) is 7.93. The number of aliphatic imine (C=N–C) groups is 1. The smallest absolute Gasteiger partial charge is 0.188 e. The van der Waals surface area contributed by atoms with Crippen LogP contribution in [0.5, 0.6) is 0 Å². The summed E-state index contributed by atoms with van der Waals surface area (Å²) in [4.78, 5) is 9.91. The molecule has 0 bridgehead atoms. The Balaban J connectivity index is 0.00000162. The quantitative estimate of drug-likeness (QED) is 0.468. The van der Waals surface area contributed by atoms with Gasteiger partial charge >= 0.3 is 0 Å². The molecule has 1 aromatic heterocycles. The predicted octanol–water partition coefficient (Wildman–Crippen LogP) is 2.32. The van der Waals surface area contributed by atoms with E-state index in [1.165, 1.54) is 24.1 Å². The number of aromatic nitrogens is 1. The summed E-state index contributed by atoms with van der Waals surface area (Å²) < 4.78 is 0. The van der Waals surface area contributed by atoms with Crippen molar-refractivity contribution in [3.8, 4) is 0 Å². The summed E-state index contributed by atoms with van der Waals surface area (Å²) in [5.74, 6) is 1.35. The maximum atomic E-state index is 5.79. The molecule has 0 radical (unpaired) electrons. The third-order valence-corrected chi connectivity index (χ3v) is 4.03. The minimum absolute atomic E-state index is 0. The van der Waals surface area contributed by atoms with E-state index in [1.807, 2.05) is 6.20 Å². The molecule has 1 aromatic rings. The Labute approximate surface area is 129 Å². The maximum absolute atomic E-state index is 5.79. The second-order valence-corrected chi connectivity index (χ2v) is 5.88. The molecule has 0 amide bonds. The van der Waals surface area contributed by atoms with Crippen molar-refractivity contribution in [2.45, 2.75) is 32.6 Å². The van der Waals surface area contributed by atoms with Gasteiger partial charge in [-0.3, -0.25) is 4.99 Å². The van der Waals surface area contributed by atoms with E-state index in [-0.39, 0.29) is 24.0 Å². The van der Waals surface area contributed by atoms with Gasteiger partial charge in [-0.25, -0.2) is 4.98 Å². The monoisotopic (exact) mass is 380 g/mol. The number of thiazole rings is 1. The standard InChI is InChI=1S/C12H20N4S.HI/c1-9-7-15-11(17-9)5-6-14-12(13)16-8-10-3-2-4-10;/h7,10H,2-6,8H2,1H3,(H3,13,14,16);1H. The van der Waals surface area contributed by atoms with Crippen molar-refractivity contribution >= 4 is 41.3 Å². The molecule has 18 heavy (non-hydrogen) atoms. The van der Waals surface area contributed by atoms with Gasteiger partial charge in [0.15, 0.2) is 5.96 Å². The average Bonchev–Trinajstić information content (AvgIpc) is 2.62. The van der Waals surface area contributed by atoms with Gasteiger partial charge in [-0.1, -0.05) is 6.42 Å². The molecule has 1 fully saturated rings. The number of rotatable bonds is 5. The Bertz CT molecular complexity index is 387. The molecule has 1 heterocycles. The van der Waals surface area contributed by atoms with Crippen LogP contribution in [0.4, 0.5) is 0 Å². The molecule has 0 aliphatic heterocycles. The SMILES string of the molecule is Cc1cnc(CCNC(N)=NCC2CCC2)s1.I. The highest BCUT2D eigenvalue weighted by Crippen LogP contribution is 2.26. The fourth-order valence-corrected chi connectivity index (χ4v) is 2.56. The fraction of sp³-hybridized carbons (Fsp3) is 0.667. The van der Waals surface area contributed by atoms with E-state index < -0.39 is 0 Å². The van der Waals surface area contributed by atoms with Crippen LogP contribution in [0.15, 0.2) is 11.2 Å². The molecule has 3 N–H and O–H groups in total. The van der Waals surface area contributed by atoms with E-state index in [2.05, 4.69) is 22.2 Å². The summed E-state index contributed by atoms with van der Waals surface area (Å²) in [6.07, 6.45) is 6.81. The van der Waals surface area contributed by atoms with E-state index in [0.717, 1.165) is 30.4 Å². The van der Waals surface area contributed by atoms with Gasteiger partial charge in [0.25, 0.3) is 0 Å². The van der Waals surface area contributed by atoms with Crippen LogP contribution in [0, 0.1) is 12.8 Å². The Kier molecular flexibility index (Phi) is 6.91. The Hall–Kier alpha value is -0.370. The van der Waals surface area contributed by atoms with Crippen LogP contribution in [-0.2, 0) is 6.42 Å². The Morgan fingerprint density at radius 3 is 2.94 bits per heavy atom. The van der Waals surface area contributed by atoms with Gasteiger partial charge in [0, 0.05) is 30.6 Å². The van der Waals surface area contributed by atoms with Gasteiger partial charge in [-0.15, -0.1) is 35.3 Å². The number of nitrogens with zero attached hydrogens (tertiary/aromatic N) is 2. The predicted molar refractivity (Wildman–Crippen MR) is 87.8 cm³/mol. The highest BCUT2D eigenvalue weighted by molar-refractivity contribution is 14.0. The maximum Gasteiger partial charge on any atom is 0.188 e. The number of nitrogens with one attached hydrogen (secondary N) is 1. The van der Waals surface area contributed by atoms with Gasteiger partial charge in [-0.2, -0.15) is 0 Å². The lowest BCUT2D eigenvalue weighted by molar-refractivity contribution is 0.326. The molecule has 0 spiro atoms. The molecule has 0 atom stereocenters. The molecular weight excluding hydrogens is 359 g/mol. The highest BCUT2D eigenvalue weighted by Gasteiger charge is 2.16. The summed E-state index contributed by atoms with van der Waals surface area (Å²) in [5, 5.41) is 4.29. The Morgan fingerprint density at radius 2 is 2.39 bits per heavy atom. The normalized spacial score (nSPS) is 15.9. The summed E-state index contributed by atoms with van der Waals surface area (Å²) in [6.45, 7) is 3.77. The molecule has 1 aliphatic carbocycles. The minimum atomic E-state index is 0.